The lowest BCUT2D eigenvalue weighted by Gasteiger charge is -2.04. The highest BCUT2D eigenvalue weighted by Gasteiger charge is 2.13. The molecule has 0 N–H and O–H groups in total. The van der Waals surface area contributed by atoms with Crippen molar-refractivity contribution in [2.75, 3.05) is 0 Å². The van der Waals surface area contributed by atoms with Gasteiger partial charge in [-0.25, -0.2) is 8.78 Å². The molecule has 2 rings (SSSR count). The topological polar surface area (TPSA) is 25.8 Å². The standard InChI is InChI=1S/C10H7BrF2N2S2/c1-5-14-15-10(17-5)16-4-6-8(12)3-2-7(11)9(6)13/h2-3H,4H2,1H3. The molecule has 0 spiro atoms. The van der Waals surface area contributed by atoms with Crippen molar-refractivity contribution in [1.82, 2.24) is 10.2 Å². The highest BCUT2D eigenvalue weighted by Crippen LogP contribution is 2.30. The second-order valence-electron chi connectivity index (χ2n) is 3.20. The van der Waals surface area contributed by atoms with Crippen molar-refractivity contribution in [3.05, 3.63) is 38.8 Å². The summed E-state index contributed by atoms with van der Waals surface area (Å²) in [7, 11) is 0. The van der Waals surface area contributed by atoms with E-state index in [1.165, 1.54) is 35.2 Å². The third kappa shape index (κ3) is 3.02. The molecule has 0 saturated carbocycles. The normalized spacial score (nSPS) is 10.8. The van der Waals surface area contributed by atoms with E-state index >= 15 is 0 Å². The van der Waals surface area contributed by atoms with Crippen LogP contribution in [0.3, 0.4) is 0 Å². The summed E-state index contributed by atoms with van der Waals surface area (Å²) >= 11 is 5.72. The minimum Gasteiger partial charge on any atom is -0.207 e. The third-order valence-corrected chi connectivity index (χ3v) is 4.60. The second kappa shape index (κ2) is 5.41. The molecule has 0 aliphatic rings. The molecule has 90 valence electrons. The molecule has 0 aliphatic carbocycles. The average Bonchev–Trinajstić information content (AvgIpc) is 2.70. The zero-order valence-electron chi connectivity index (χ0n) is 8.71. The fourth-order valence-corrected chi connectivity index (χ4v) is 3.36. The van der Waals surface area contributed by atoms with E-state index in [-0.39, 0.29) is 15.8 Å². The molecule has 0 atom stereocenters. The van der Waals surface area contributed by atoms with Crippen LogP contribution in [0, 0.1) is 18.6 Å². The maximum Gasteiger partial charge on any atom is 0.174 e. The predicted octanol–water partition coefficient (Wildman–Crippen LogP) is 4.18. The van der Waals surface area contributed by atoms with Crippen molar-refractivity contribution in [3.63, 3.8) is 0 Å². The molecule has 1 aromatic carbocycles. The van der Waals surface area contributed by atoms with E-state index in [1.54, 1.807) is 0 Å². The molecule has 2 nitrogen and oxygen atoms in total. The first-order chi connectivity index (χ1) is 8.08. The average molecular weight is 337 g/mol. The van der Waals surface area contributed by atoms with E-state index in [0.29, 0.717) is 4.34 Å². The Hall–Kier alpha value is -0.530. The van der Waals surface area contributed by atoms with Crippen LogP contribution in [0.5, 0.6) is 0 Å². The number of rotatable bonds is 3. The van der Waals surface area contributed by atoms with E-state index < -0.39 is 11.6 Å². The Morgan fingerprint density at radius 2 is 2.12 bits per heavy atom. The van der Waals surface area contributed by atoms with Gasteiger partial charge in [0.1, 0.15) is 16.6 Å². The van der Waals surface area contributed by atoms with E-state index in [0.717, 1.165) is 5.01 Å². The van der Waals surface area contributed by atoms with Gasteiger partial charge in [0, 0.05) is 11.3 Å². The number of hydrogen-bond donors (Lipinski definition) is 0. The number of halogens is 3. The predicted molar refractivity (Wildman–Crippen MR) is 68.3 cm³/mol. The van der Waals surface area contributed by atoms with Crippen LogP contribution in [0.4, 0.5) is 8.78 Å². The van der Waals surface area contributed by atoms with E-state index in [4.69, 9.17) is 0 Å². The Morgan fingerprint density at radius 3 is 2.76 bits per heavy atom. The highest BCUT2D eigenvalue weighted by molar-refractivity contribution is 9.10. The van der Waals surface area contributed by atoms with Gasteiger partial charge in [-0.3, -0.25) is 0 Å². The fraction of sp³-hybridized carbons (Fsp3) is 0.200. The van der Waals surface area contributed by atoms with Gasteiger partial charge in [-0.05, 0) is 35.0 Å². The van der Waals surface area contributed by atoms with E-state index in [2.05, 4.69) is 26.1 Å². The largest absolute Gasteiger partial charge is 0.207 e. The van der Waals surface area contributed by atoms with Crippen LogP contribution in [0.2, 0.25) is 0 Å². The number of aryl methyl sites for hydroxylation is 1. The molecule has 0 unspecified atom stereocenters. The van der Waals surface area contributed by atoms with Gasteiger partial charge < -0.3 is 0 Å². The molecule has 1 aromatic heterocycles. The summed E-state index contributed by atoms with van der Waals surface area (Å²) in [5.41, 5.74) is 0.0530. The SMILES string of the molecule is Cc1nnc(SCc2c(F)ccc(Br)c2F)s1. The van der Waals surface area contributed by atoms with Gasteiger partial charge in [-0.2, -0.15) is 0 Å². The quantitative estimate of drug-likeness (QED) is 0.621. The zero-order valence-corrected chi connectivity index (χ0v) is 11.9. The molecule has 2 aromatic rings. The Morgan fingerprint density at radius 1 is 1.35 bits per heavy atom. The van der Waals surface area contributed by atoms with Gasteiger partial charge in [0.15, 0.2) is 4.34 Å². The molecular formula is C10H7BrF2N2S2. The van der Waals surface area contributed by atoms with Gasteiger partial charge in [0.25, 0.3) is 0 Å². The zero-order chi connectivity index (χ0) is 12.4. The van der Waals surface area contributed by atoms with Crippen LogP contribution in [0.15, 0.2) is 20.9 Å². The van der Waals surface area contributed by atoms with Crippen LogP contribution in [0.25, 0.3) is 0 Å². The van der Waals surface area contributed by atoms with Crippen molar-refractivity contribution in [1.29, 1.82) is 0 Å². The summed E-state index contributed by atoms with van der Waals surface area (Å²) < 4.78 is 28.0. The van der Waals surface area contributed by atoms with Crippen LogP contribution in [-0.2, 0) is 5.75 Å². The van der Waals surface area contributed by atoms with E-state index in [9.17, 15) is 8.78 Å². The summed E-state index contributed by atoms with van der Waals surface area (Å²) in [5.74, 6) is -0.899. The van der Waals surface area contributed by atoms with Gasteiger partial charge in [0.05, 0.1) is 4.47 Å². The Labute approximate surface area is 114 Å². The molecule has 0 radical (unpaired) electrons. The second-order valence-corrected chi connectivity index (χ2v) is 6.46. The van der Waals surface area contributed by atoms with Crippen LogP contribution in [0.1, 0.15) is 10.6 Å². The first-order valence-electron chi connectivity index (χ1n) is 4.63. The fourth-order valence-electron chi connectivity index (χ4n) is 1.17. The number of nitrogens with zero attached hydrogens (tertiary/aromatic N) is 2. The summed E-state index contributed by atoms with van der Waals surface area (Å²) in [4.78, 5) is 0. The number of hydrogen-bond acceptors (Lipinski definition) is 4. The van der Waals surface area contributed by atoms with E-state index in [1.807, 2.05) is 6.92 Å². The lowest BCUT2D eigenvalue weighted by atomic mass is 10.2. The summed E-state index contributed by atoms with van der Waals surface area (Å²) in [5, 5.41) is 8.57. The number of thioether (sulfide) groups is 1. The Kier molecular flexibility index (Phi) is 4.11. The van der Waals surface area contributed by atoms with Crippen molar-refractivity contribution in [2.24, 2.45) is 0 Å². The number of benzene rings is 1. The molecule has 0 fully saturated rings. The smallest absolute Gasteiger partial charge is 0.174 e. The number of aromatic nitrogens is 2. The van der Waals surface area contributed by atoms with Gasteiger partial charge in [0.2, 0.25) is 0 Å². The summed E-state index contributed by atoms with van der Waals surface area (Å²) in [6.45, 7) is 1.84. The van der Waals surface area contributed by atoms with Crippen molar-refractivity contribution >= 4 is 39.0 Å². The van der Waals surface area contributed by atoms with Crippen molar-refractivity contribution in [2.45, 2.75) is 17.0 Å². The minimum absolute atomic E-state index is 0.0530. The van der Waals surface area contributed by atoms with Crippen LogP contribution in [-0.4, -0.2) is 10.2 Å². The minimum atomic E-state index is -0.557. The highest BCUT2D eigenvalue weighted by atomic mass is 79.9. The lowest BCUT2D eigenvalue weighted by Crippen LogP contribution is -1.94. The monoisotopic (exact) mass is 336 g/mol. The molecular weight excluding hydrogens is 330 g/mol. The molecule has 0 aliphatic heterocycles. The van der Waals surface area contributed by atoms with Crippen molar-refractivity contribution < 1.29 is 8.78 Å². The molecule has 0 saturated heterocycles. The van der Waals surface area contributed by atoms with Crippen LogP contribution < -0.4 is 0 Å². The molecule has 7 heteroatoms. The molecule has 17 heavy (non-hydrogen) atoms. The molecule has 0 bridgehead atoms. The maximum absolute atomic E-state index is 13.6. The van der Waals surface area contributed by atoms with Crippen molar-refractivity contribution in [3.8, 4) is 0 Å². The summed E-state index contributed by atoms with van der Waals surface area (Å²) in [6.07, 6.45) is 0. The van der Waals surface area contributed by atoms with Gasteiger partial charge in [-0.1, -0.05) is 23.1 Å². The van der Waals surface area contributed by atoms with Crippen LogP contribution >= 0.6 is 39.0 Å². The first-order valence-corrected chi connectivity index (χ1v) is 7.22. The lowest BCUT2D eigenvalue weighted by molar-refractivity contribution is 0.562. The summed E-state index contributed by atoms with van der Waals surface area (Å²) in [6, 6.07) is 2.60. The molecule has 0 amide bonds. The first kappa shape index (κ1) is 12.9. The Bertz CT molecular complexity index is 545. The third-order valence-electron chi connectivity index (χ3n) is 1.99. The van der Waals surface area contributed by atoms with Gasteiger partial charge in [-0.15, -0.1) is 10.2 Å². The Balaban J connectivity index is 2.16. The van der Waals surface area contributed by atoms with Gasteiger partial charge >= 0.3 is 0 Å². The molecule has 1 heterocycles. The maximum atomic E-state index is 13.6.